The lowest BCUT2D eigenvalue weighted by Crippen LogP contribution is -2.18. The summed E-state index contributed by atoms with van der Waals surface area (Å²) in [6.45, 7) is 4.35. The molecule has 1 rings (SSSR count). The van der Waals surface area contributed by atoms with Gasteiger partial charge in [-0.15, -0.1) is 0 Å². The lowest BCUT2D eigenvalue weighted by Gasteiger charge is -2.16. The molecule has 2 N–H and O–H groups in total. The standard InChI is InChI=1S/C11H20N4S/c1-5-8(6-2)13-10-7-9(12-3)14-11(15-10)16-4/h7-8H,5-6H2,1-4H3,(H2,12,13,14,15). The van der Waals surface area contributed by atoms with Gasteiger partial charge in [0.2, 0.25) is 0 Å². The quantitative estimate of drug-likeness (QED) is 0.591. The van der Waals surface area contributed by atoms with Crippen LogP contribution in [0.5, 0.6) is 0 Å². The summed E-state index contributed by atoms with van der Waals surface area (Å²) in [5.74, 6) is 1.75. The fraction of sp³-hybridized carbons (Fsp3) is 0.636. The maximum absolute atomic E-state index is 4.44. The van der Waals surface area contributed by atoms with Crippen LogP contribution in [0.3, 0.4) is 0 Å². The number of anilines is 2. The molecule has 5 heteroatoms. The minimum atomic E-state index is 0.481. The first-order valence-electron chi connectivity index (χ1n) is 5.60. The van der Waals surface area contributed by atoms with Gasteiger partial charge < -0.3 is 10.6 Å². The maximum Gasteiger partial charge on any atom is 0.191 e. The first-order valence-corrected chi connectivity index (χ1v) is 6.83. The van der Waals surface area contributed by atoms with Crippen LogP contribution in [0.1, 0.15) is 26.7 Å². The van der Waals surface area contributed by atoms with E-state index in [1.54, 1.807) is 11.8 Å². The van der Waals surface area contributed by atoms with Crippen LogP contribution in [0.25, 0.3) is 0 Å². The second kappa shape index (κ2) is 6.58. The molecule has 0 aliphatic carbocycles. The van der Waals surface area contributed by atoms with E-state index in [9.17, 15) is 0 Å². The Labute approximate surface area is 102 Å². The number of nitrogens with zero attached hydrogens (tertiary/aromatic N) is 2. The highest BCUT2D eigenvalue weighted by molar-refractivity contribution is 7.98. The molecule has 1 aromatic rings. The normalized spacial score (nSPS) is 10.6. The molecule has 4 nitrogen and oxygen atoms in total. The smallest absolute Gasteiger partial charge is 0.191 e. The summed E-state index contributed by atoms with van der Waals surface area (Å²) in [5.41, 5.74) is 0. The van der Waals surface area contributed by atoms with Gasteiger partial charge in [0.25, 0.3) is 0 Å². The number of hydrogen-bond donors (Lipinski definition) is 2. The van der Waals surface area contributed by atoms with E-state index >= 15 is 0 Å². The van der Waals surface area contributed by atoms with Gasteiger partial charge >= 0.3 is 0 Å². The minimum absolute atomic E-state index is 0.481. The molecule has 0 aromatic carbocycles. The van der Waals surface area contributed by atoms with Crippen LogP contribution < -0.4 is 10.6 Å². The molecule has 0 saturated heterocycles. The predicted octanol–water partition coefficient (Wildman–Crippen LogP) is 2.84. The zero-order chi connectivity index (χ0) is 12.0. The van der Waals surface area contributed by atoms with Crippen molar-refractivity contribution < 1.29 is 0 Å². The Morgan fingerprint density at radius 1 is 1.25 bits per heavy atom. The van der Waals surface area contributed by atoms with Gasteiger partial charge in [-0.3, -0.25) is 0 Å². The zero-order valence-electron chi connectivity index (χ0n) is 10.4. The molecule has 1 aromatic heterocycles. The number of hydrogen-bond acceptors (Lipinski definition) is 5. The molecule has 0 spiro atoms. The van der Waals surface area contributed by atoms with Gasteiger partial charge in [0, 0.05) is 19.2 Å². The number of thioether (sulfide) groups is 1. The van der Waals surface area contributed by atoms with Gasteiger partial charge in [0.1, 0.15) is 11.6 Å². The predicted molar refractivity (Wildman–Crippen MR) is 71.4 cm³/mol. The Hall–Kier alpha value is -0.970. The van der Waals surface area contributed by atoms with E-state index < -0.39 is 0 Å². The van der Waals surface area contributed by atoms with Crippen LogP contribution in [-0.4, -0.2) is 29.3 Å². The molecule has 0 unspecified atom stereocenters. The lowest BCUT2D eigenvalue weighted by molar-refractivity contribution is 0.666. The summed E-state index contributed by atoms with van der Waals surface area (Å²) in [4.78, 5) is 8.77. The molecule has 0 atom stereocenters. The van der Waals surface area contributed by atoms with Crippen LogP contribution in [0, 0.1) is 0 Å². The highest BCUT2D eigenvalue weighted by Gasteiger charge is 2.07. The van der Waals surface area contributed by atoms with E-state index in [1.165, 1.54) is 0 Å². The molecule has 0 aliphatic rings. The summed E-state index contributed by atoms with van der Waals surface area (Å²) in [6.07, 6.45) is 4.18. The van der Waals surface area contributed by atoms with Gasteiger partial charge in [-0.05, 0) is 19.1 Å². The van der Waals surface area contributed by atoms with Gasteiger partial charge in [-0.25, -0.2) is 9.97 Å². The van der Waals surface area contributed by atoms with Crippen molar-refractivity contribution in [2.45, 2.75) is 37.9 Å². The van der Waals surface area contributed by atoms with Gasteiger partial charge in [-0.1, -0.05) is 25.6 Å². The molecular weight excluding hydrogens is 220 g/mol. The van der Waals surface area contributed by atoms with Crippen molar-refractivity contribution in [1.29, 1.82) is 0 Å². The fourth-order valence-electron chi connectivity index (χ4n) is 1.42. The van der Waals surface area contributed by atoms with Crippen LogP contribution in [-0.2, 0) is 0 Å². The van der Waals surface area contributed by atoms with Crippen molar-refractivity contribution >= 4 is 23.4 Å². The number of aromatic nitrogens is 2. The van der Waals surface area contributed by atoms with Crippen LogP contribution in [0.15, 0.2) is 11.2 Å². The molecular formula is C11H20N4S. The third-order valence-electron chi connectivity index (χ3n) is 2.48. The average molecular weight is 240 g/mol. The lowest BCUT2D eigenvalue weighted by atomic mass is 10.2. The van der Waals surface area contributed by atoms with E-state index in [0.717, 1.165) is 29.6 Å². The summed E-state index contributed by atoms with van der Waals surface area (Å²) >= 11 is 1.55. The van der Waals surface area contributed by atoms with Crippen LogP contribution in [0.2, 0.25) is 0 Å². The van der Waals surface area contributed by atoms with Crippen molar-refractivity contribution in [3.05, 3.63) is 6.07 Å². The SMILES string of the molecule is CCC(CC)Nc1cc(NC)nc(SC)n1. The molecule has 0 aliphatic heterocycles. The van der Waals surface area contributed by atoms with E-state index in [-0.39, 0.29) is 0 Å². The Balaban J connectivity index is 2.85. The monoisotopic (exact) mass is 240 g/mol. The first kappa shape index (κ1) is 13.1. The van der Waals surface area contributed by atoms with Gasteiger partial charge in [-0.2, -0.15) is 0 Å². The van der Waals surface area contributed by atoms with E-state index in [1.807, 2.05) is 19.4 Å². The summed E-state index contributed by atoms with van der Waals surface area (Å²) in [7, 11) is 1.87. The first-order chi connectivity index (χ1) is 7.73. The van der Waals surface area contributed by atoms with Crippen LogP contribution in [0.4, 0.5) is 11.6 Å². The average Bonchev–Trinajstić information content (AvgIpc) is 2.35. The van der Waals surface area contributed by atoms with Crippen LogP contribution >= 0.6 is 11.8 Å². The Morgan fingerprint density at radius 2 is 1.88 bits per heavy atom. The Morgan fingerprint density at radius 3 is 2.38 bits per heavy atom. The summed E-state index contributed by atoms with van der Waals surface area (Å²) in [6, 6.07) is 2.42. The third kappa shape index (κ3) is 3.56. The largest absolute Gasteiger partial charge is 0.373 e. The van der Waals surface area contributed by atoms with Gasteiger partial charge in [0.15, 0.2) is 5.16 Å². The third-order valence-corrected chi connectivity index (χ3v) is 3.03. The number of rotatable bonds is 6. The molecule has 16 heavy (non-hydrogen) atoms. The second-order valence-electron chi connectivity index (χ2n) is 3.53. The molecule has 0 amide bonds. The van der Waals surface area contributed by atoms with Crippen molar-refractivity contribution in [3.8, 4) is 0 Å². The van der Waals surface area contributed by atoms with Crippen molar-refractivity contribution in [2.75, 3.05) is 23.9 Å². The molecule has 0 bridgehead atoms. The maximum atomic E-state index is 4.44. The molecule has 0 fully saturated rings. The molecule has 90 valence electrons. The highest BCUT2D eigenvalue weighted by Crippen LogP contribution is 2.18. The zero-order valence-corrected chi connectivity index (χ0v) is 11.2. The second-order valence-corrected chi connectivity index (χ2v) is 4.31. The Kier molecular flexibility index (Phi) is 5.38. The topological polar surface area (TPSA) is 49.8 Å². The summed E-state index contributed by atoms with van der Waals surface area (Å²) < 4.78 is 0. The summed E-state index contributed by atoms with van der Waals surface area (Å²) in [5, 5.41) is 7.26. The minimum Gasteiger partial charge on any atom is -0.373 e. The van der Waals surface area contributed by atoms with E-state index in [0.29, 0.717) is 6.04 Å². The van der Waals surface area contributed by atoms with E-state index in [2.05, 4.69) is 34.4 Å². The van der Waals surface area contributed by atoms with Crippen molar-refractivity contribution in [3.63, 3.8) is 0 Å². The van der Waals surface area contributed by atoms with Gasteiger partial charge in [0.05, 0.1) is 0 Å². The Bertz CT molecular complexity index is 304. The molecule has 0 saturated carbocycles. The molecule has 0 radical (unpaired) electrons. The molecule has 1 heterocycles. The van der Waals surface area contributed by atoms with Crippen molar-refractivity contribution in [2.24, 2.45) is 0 Å². The fourth-order valence-corrected chi connectivity index (χ4v) is 1.80. The number of nitrogens with one attached hydrogen (secondary N) is 2. The van der Waals surface area contributed by atoms with Crippen molar-refractivity contribution in [1.82, 2.24) is 9.97 Å². The highest BCUT2D eigenvalue weighted by atomic mass is 32.2. The van der Waals surface area contributed by atoms with E-state index in [4.69, 9.17) is 0 Å².